The summed E-state index contributed by atoms with van der Waals surface area (Å²) in [6, 6.07) is 17.3. The summed E-state index contributed by atoms with van der Waals surface area (Å²) in [4.78, 5) is 27.4. The third-order valence-electron chi connectivity index (χ3n) is 4.38. The van der Waals surface area contributed by atoms with Crippen LogP contribution in [-0.4, -0.2) is 30.7 Å². The van der Waals surface area contributed by atoms with Crippen molar-refractivity contribution >= 4 is 11.6 Å². The molecule has 0 atom stereocenters. The molecule has 0 saturated carbocycles. The molecule has 4 aromatic rings. The van der Waals surface area contributed by atoms with Crippen LogP contribution in [0.25, 0.3) is 22.5 Å². The van der Waals surface area contributed by atoms with E-state index in [1.54, 1.807) is 48.5 Å². The minimum Gasteiger partial charge on any atom is -0.507 e. The maximum absolute atomic E-state index is 13.0. The number of phenols is 1. The van der Waals surface area contributed by atoms with Crippen molar-refractivity contribution in [3.63, 3.8) is 0 Å². The number of nitro benzene ring substituents is 1. The Hall–Kier alpha value is -4.33. The highest BCUT2D eigenvalue weighted by Crippen LogP contribution is 2.32. The van der Waals surface area contributed by atoms with E-state index in [0.29, 0.717) is 28.1 Å². The van der Waals surface area contributed by atoms with Crippen LogP contribution in [0.1, 0.15) is 10.4 Å². The third-order valence-corrected chi connectivity index (χ3v) is 4.38. The van der Waals surface area contributed by atoms with Crippen LogP contribution in [0.4, 0.5) is 5.69 Å². The zero-order valence-corrected chi connectivity index (χ0v) is 15.0. The van der Waals surface area contributed by atoms with Gasteiger partial charge in [-0.1, -0.05) is 12.1 Å². The van der Waals surface area contributed by atoms with E-state index < -0.39 is 4.92 Å². The van der Waals surface area contributed by atoms with E-state index in [0.717, 1.165) is 0 Å². The predicted molar refractivity (Wildman–Crippen MR) is 105 cm³/mol. The number of nitro groups is 1. The smallest absolute Gasteiger partial charge is 0.278 e. The Morgan fingerprint density at radius 1 is 1.00 bits per heavy atom. The molecule has 0 aliphatic rings. The Kier molecular flexibility index (Phi) is 4.58. The number of carbonyl (C=O) groups excluding carboxylic acids is 1. The molecule has 0 aliphatic heterocycles. The standard InChI is InChI=1S/C21H14N4O4/c26-20-4-2-1-3-17(20)19-13-18(14-5-7-16(8-6-14)25(28)29)23-24(19)21(27)15-9-11-22-12-10-15/h1-13,26H. The van der Waals surface area contributed by atoms with E-state index in [2.05, 4.69) is 10.1 Å². The fourth-order valence-corrected chi connectivity index (χ4v) is 2.93. The average Bonchev–Trinajstić information content (AvgIpc) is 3.19. The second-order valence-corrected chi connectivity index (χ2v) is 6.19. The molecule has 4 rings (SSSR count). The Labute approximate surface area is 164 Å². The molecule has 0 unspecified atom stereocenters. The van der Waals surface area contributed by atoms with Crippen LogP contribution in [0.15, 0.2) is 79.1 Å². The van der Waals surface area contributed by atoms with Gasteiger partial charge in [-0.15, -0.1) is 0 Å². The first kappa shape index (κ1) is 18.1. The van der Waals surface area contributed by atoms with Gasteiger partial charge in [0.2, 0.25) is 0 Å². The second-order valence-electron chi connectivity index (χ2n) is 6.19. The van der Waals surface area contributed by atoms with Gasteiger partial charge in [-0.05, 0) is 42.5 Å². The van der Waals surface area contributed by atoms with Gasteiger partial charge < -0.3 is 5.11 Å². The molecule has 2 aromatic heterocycles. The number of pyridine rings is 1. The maximum Gasteiger partial charge on any atom is 0.278 e. The Bertz CT molecular complexity index is 1200. The first-order chi connectivity index (χ1) is 14.0. The average molecular weight is 386 g/mol. The monoisotopic (exact) mass is 386 g/mol. The van der Waals surface area contributed by atoms with Gasteiger partial charge in [-0.2, -0.15) is 9.78 Å². The van der Waals surface area contributed by atoms with Crippen LogP contribution in [0.5, 0.6) is 5.75 Å². The number of aromatic nitrogens is 3. The minimum atomic E-state index is -0.483. The van der Waals surface area contributed by atoms with Crippen LogP contribution < -0.4 is 0 Å². The van der Waals surface area contributed by atoms with Crippen LogP contribution >= 0.6 is 0 Å². The van der Waals surface area contributed by atoms with Gasteiger partial charge in [0.05, 0.1) is 16.3 Å². The second kappa shape index (κ2) is 7.35. The number of carbonyl (C=O) groups is 1. The van der Waals surface area contributed by atoms with Gasteiger partial charge in [-0.3, -0.25) is 19.9 Å². The molecule has 1 N–H and O–H groups in total. The normalized spacial score (nSPS) is 10.6. The predicted octanol–water partition coefficient (Wildman–Crippen LogP) is 3.91. The fraction of sp³-hybridized carbons (Fsp3) is 0. The van der Waals surface area contributed by atoms with E-state index in [-0.39, 0.29) is 17.3 Å². The summed E-state index contributed by atoms with van der Waals surface area (Å²) in [5.74, 6) is -0.384. The Morgan fingerprint density at radius 3 is 2.34 bits per heavy atom. The molecule has 0 aliphatic carbocycles. The van der Waals surface area contributed by atoms with Crippen molar-refractivity contribution in [3.8, 4) is 28.3 Å². The number of phenolic OH excluding ortho intramolecular Hbond substituents is 1. The van der Waals surface area contributed by atoms with Crippen molar-refractivity contribution in [1.29, 1.82) is 0 Å². The molecule has 0 fully saturated rings. The highest BCUT2D eigenvalue weighted by molar-refractivity contribution is 5.98. The molecule has 2 heterocycles. The van der Waals surface area contributed by atoms with Gasteiger partial charge in [0.25, 0.3) is 11.6 Å². The quantitative estimate of drug-likeness (QED) is 0.420. The Balaban J connectivity index is 1.86. The lowest BCUT2D eigenvalue weighted by Gasteiger charge is -2.07. The molecule has 142 valence electrons. The van der Waals surface area contributed by atoms with Crippen LogP contribution in [-0.2, 0) is 0 Å². The highest BCUT2D eigenvalue weighted by atomic mass is 16.6. The van der Waals surface area contributed by atoms with Gasteiger partial charge in [-0.25, -0.2) is 0 Å². The molecular formula is C21H14N4O4. The Morgan fingerprint density at radius 2 is 1.69 bits per heavy atom. The number of hydrogen-bond acceptors (Lipinski definition) is 6. The van der Waals surface area contributed by atoms with Gasteiger partial charge in [0, 0.05) is 41.2 Å². The van der Waals surface area contributed by atoms with Crippen molar-refractivity contribution < 1.29 is 14.8 Å². The number of non-ortho nitro benzene ring substituents is 1. The summed E-state index contributed by atoms with van der Waals surface area (Å²) in [5.41, 5.74) is 2.24. The molecule has 0 amide bonds. The fourth-order valence-electron chi connectivity index (χ4n) is 2.93. The van der Waals surface area contributed by atoms with E-state index >= 15 is 0 Å². The van der Waals surface area contributed by atoms with E-state index in [1.165, 1.54) is 35.3 Å². The summed E-state index contributed by atoms with van der Waals surface area (Å²) in [7, 11) is 0. The number of rotatable bonds is 4. The summed E-state index contributed by atoms with van der Waals surface area (Å²) in [6.07, 6.45) is 3.02. The van der Waals surface area contributed by atoms with E-state index in [4.69, 9.17) is 0 Å². The van der Waals surface area contributed by atoms with Gasteiger partial charge >= 0.3 is 0 Å². The molecular weight excluding hydrogens is 372 g/mol. The summed E-state index contributed by atoms with van der Waals surface area (Å²) in [5, 5.41) is 25.6. The zero-order valence-electron chi connectivity index (χ0n) is 15.0. The van der Waals surface area contributed by atoms with Crippen LogP contribution in [0, 0.1) is 10.1 Å². The summed E-state index contributed by atoms with van der Waals surface area (Å²) in [6.45, 7) is 0. The third kappa shape index (κ3) is 3.46. The minimum absolute atomic E-state index is 0.00595. The number of benzene rings is 2. The molecule has 0 saturated heterocycles. The maximum atomic E-state index is 13.0. The highest BCUT2D eigenvalue weighted by Gasteiger charge is 2.20. The summed E-state index contributed by atoms with van der Waals surface area (Å²) >= 11 is 0. The van der Waals surface area contributed by atoms with Crippen molar-refractivity contribution in [2.75, 3.05) is 0 Å². The molecule has 29 heavy (non-hydrogen) atoms. The molecule has 0 radical (unpaired) electrons. The molecule has 0 bridgehead atoms. The molecule has 2 aromatic carbocycles. The van der Waals surface area contributed by atoms with Crippen LogP contribution in [0.3, 0.4) is 0 Å². The van der Waals surface area contributed by atoms with Crippen molar-refractivity contribution in [2.24, 2.45) is 0 Å². The lowest BCUT2D eigenvalue weighted by Crippen LogP contribution is -2.15. The van der Waals surface area contributed by atoms with E-state index in [9.17, 15) is 20.0 Å². The topological polar surface area (TPSA) is 111 Å². The van der Waals surface area contributed by atoms with Crippen molar-refractivity contribution in [2.45, 2.75) is 0 Å². The number of para-hydroxylation sites is 1. The number of aromatic hydroxyl groups is 1. The molecule has 8 heteroatoms. The molecule has 0 spiro atoms. The lowest BCUT2D eigenvalue weighted by atomic mass is 10.1. The summed E-state index contributed by atoms with van der Waals surface area (Å²) < 4.78 is 1.21. The SMILES string of the molecule is O=C(c1ccncc1)n1nc(-c2ccc([N+](=O)[O-])cc2)cc1-c1ccccc1O. The number of hydrogen-bond donors (Lipinski definition) is 1. The lowest BCUT2D eigenvalue weighted by molar-refractivity contribution is -0.384. The van der Waals surface area contributed by atoms with Gasteiger partial charge in [0.15, 0.2) is 0 Å². The number of nitrogens with zero attached hydrogens (tertiary/aromatic N) is 4. The van der Waals surface area contributed by atoms with Crippen molar-refractivity contribution in [1.82, 2.24) is 14.8 Å². The first-order valence-corrected chi connectivity index (χ1v) is 8.62. The largest absolute Gasteiger partial charge is 0.507 e. The van der Waals surface area contributed by atoms with Gasteiger partial charge in [0.1, 0.15) is 5.75 Å². The first-order valence-electron chi connectivity index (χ1n) is 8.62. The zero-order chi connectivity index (χ0) is 20.4. The van der Waals surface area contributed by atoms with Crippen LogP contribution in [0.2, 0.25) is 0 Å². The van der Waals surface area contributed by atoms with Crippen molar-refractivity contribution in [3.05, 3.63) is 94.8 Å². The van der Waals surface area contributed by atoms with E-state index in [1.807, 2.05) is 0 Å². The molecule has 8 nitrogen and oxygen atoms in total.